The number of esters is 1. The van der Waals surface area contributed by atoms with Crippen LogP contribution in [0.3, 0.4) is 0 Å². The predicted molar refractivity (Wildman–Crippen MR) is 55.8 cm³/mol. The lowest BCUT2D eigenvalue weighted by Gasteiger charge is -2.13. The summed E-state index contributed by atoms with van der Waals surface area (Å²) in [5.41, 5.74) is 0.980. The summed E-state index contributed by atoms with van der Waals surface area (Å²) in [6.07, 6.45) is -0.0940. The van der Waals surface area contributed by atoms with Crippen LogP contribution in [0.2, 0.25) is 0 Å². The van der Waals surface area contributed by atoms with E-state index in [9.17, 15) is 9.59 Å². The molecular weight excluding hydrogens is 208 g/mol. The molecule has 0 spiro atoms. The lowest BCUT2D eigenvalue weighted by Crippen LogP contribution is -2.25. The molecule has 1 heterocycles. The van der Waals surface area contributed by atoms with Gasteiger partial charge in [0, 0.05) is 6.42 Å². The van der Waals surface area contributed by atoms with Crippen LogP contribution in [0.25, 0.3) is 0 Å². The number of rotatable bonds is 3. The van der Waals surface area contributed by atoms with E-state index in [-0.39, 0.29) is 6.42 Å². The highest BCUT2D eigenvalue weighted by Crippen LogP contribution is 2.25. The number of hydrogen-bond donors (Lipinski definition) is 1. The fourth-order valence-electron chi connectivity index (χ4n) is 1.89. The quantitative estimate of drug-likeness (QED) is 0.778. The lowest BCUT2D eigenvalue weighted by atomic mass is 9.96. The highest BCUT2D eigenvalue weighted by atomic mass is 16.6. The monoisotopic (exact) mass is 220 g/mol. The Morgan fingerprint density at radius 3 is 2.69 bits per heavy atom. The highest BCUT2D eigenvalue weighted by Gasteiger charge is 2.39. The van der Waals surface area contributed by atoms with Crippen molar-refractivity contribution >= 4 is 11.9 Å². The fraction of sp³-hybridized carbons (Fsp3) is 0.333. The zero-order chi connectivity index (χ0) is 11.5. The van der Waals surface area contributed by atoms with Crippen LogP contribution >= 0.6 is 0 Å². The van der Waals surface area contributed by atoms with Crippen LogP contribution in [0.15, 0.2) is 30.3 Å². The van der Waals surface area contributed by atoms with Gasteiger partial charge in [0.05, 0.1) is 6.42 Å². The highest BCUT2D eigenvalue weighted by molar-refractivity contribution is 5.82. The van der Waals surface area contributed by atoms with Gasteiger partial charge in [0.15, 0.2) is 0 Å². The Morgan fingerprint density at radius 1 is 1.38 bits per heavy atom. The summed E-state index contributed by atoms with van der Waals surface area (Å²) < 4.78 is 5.02. The Morgan fingerprint density at radius 2 is 2.06 bits per heavy atom. The predicted octanol–water partition coefficient (Wildman–Crippen LogP) is 1.25. The molecule has 0 radical (unpaired) electrons. The van der Waals surface area contributed by atoms with E-state index in [0.717, 1.165) is 5.56 Å². The van der Waals surface area contributed by atoms with Gasteiger partial charge in [-0.05, 0) is 5.56 Å². The van der Waals surface area contributed by atoms with Gasteiger partial charge in [-0.3, -0.25) is 9.59 Å². The number of carbonyl (C=O) groups is 2. The molecule has 1 aromatic rings. The molecule has 0 unspecified atom stereocenters. The molecule has 84 valence electrons. The van der Waals surface area contributed by atoms with Gasteiger partial charge >= 0.3 is 11.9 Å². The smallest absolute Gasteiger partial charge is 0.310 e. The van der Waals surface area contributed by atoms with Gasteiger partial charge in [-0.1, -0.05) is 30.3 Å². The first-order chi connectivity index (χ1) is 7.66. The third-order valence-corrected chi connectivity index (χ3v) is 2.72. The summed E-state index contributed by atoms with van der Waals surface area (Å²) in [4.78, 5) is 22.0. The van der Waals surface area contributed by atoms with E-state index in [1.807, 2.05) is 30.3 Å². The van der Waals surface area contributed by atoms with E-state index in [2.05, 4.69) is 0 Å². The van der Waals surface area contributed by atoms with Crippen LogP contribution < -0.4 is 0 Å². The molecular formula is C12H12O4. The third-order valence-electron chi connectivity index (χ3n) is 2.72. The molecule has 0 aliphatic carbocycles. The molecule has 4 heteroatoms. The molecule has 1 fully saturated rings. The number of carboxylic acids is 1. The summed E-state index contributed by atoms with van der Waals surface area (Å²) in [5, 5.41) is 8.95. The number of aliphatic carboxylic acids is 1. The number of cyclic esters (lactones) is 1. The molecule has 1 N–H and O–H groups in total. The normalized spacial score (nSPS) is 24.1. The van der Waals surface area contributed by atoms with Crippen LogP contribution in [-0.2, 0) is 20.7 Å². The van der Waals surface area contributed by atoms with Gasteiger partial charge in [0.25, 0.3) is 0 Å². The zero-order valence-electron chi connectivity index (χ0n) is 8.63. The lowest BCUT2D eigenvalue weighted by molar-refractivity contribution is -0.144. The standard InChI is InChI=1S/C12H12O4/c13-11-7-9(12(14)15)10(16-11)6-8-4-2-1-3-5-8/h1-5,9-10H,6-7H2,(H,14,15)/t9-,10-/m1/s1. The molecule has 0 aromatic heterocycles. The Kier molecular flexibility index (Phi) is 2.90. The van der Waals surface area contributed by atoms with Gasteiger partial charge in [0.2, 0.25) is 0 Å². The van der Waals surface area contributed by atoms with Gasteiger partial charge in [-0.2, -0.15) is 0 Å². The molecule has 2 atom stereocenters. The van der Waals surface area contributed by atoms with Gasteiger partial charge < -0.3 is 9.84 Å². The molecule has 0 saturated carbocycles. The minimum absolute atomic E-state index is 0.0210. The van der Waals surface area contributed by atoms with Crippen LogP contribution in [0.1, 0.15) is 12.0 Å². The van der Waals surface area contributed by atoms with Crippen molar-refractivity contribution in [2.75, 3.05) is 0 Å². The maximum absolute atomic E-state index is 11.1. The molecule has 1 aromatic carbocycles. The van der Waals surface area contributed by atoms with E-state index < -0.39 is 24.0 Å². The number of carboxylic acid groups (broad SMARTS) is 1. The topological polar surface area (TPSA) is 63.6 Å². The van der Waals surface area contributed by atoms with Crippen molar-refractivity contribution in [3.8, 4) is 0 Å². The second kappa shape index (κ2) is 4.35. The average molecular weight is 220 g/mol. The van der Waals surface area contributed by atoms with Gasteiger partial charge in [-0.15, -0.1) is 0 Å². The molecule has 2 rings (SSSR count). The van der Waals surface area contributed by atoms with E-state index in [4.69, 9.17) is 9.84 Å². The first kappa shape index (κ1) is 10.7. The van der Waals surface area contributed by atoms with E-state index >= 15 is 0 Å². The molecule has 16 heavy (non-hydrogen) atoms. The maximum atomic E-state index is 11.1. The van der Waals surface area contributed by atoms with Crippen molar-refractivity contribution in [1.82, 2.24) is 0 Å². The number of benzene rings is 1. The van der Waals surface area contributed by atoms with Crippen molar-refractivity contribution in [2.24, 2.45) is 5.92 Å². The summed E-state index contributed by atoms with van der Waals surface area (Å²) in [6, 6.07) is 9.43. The summed E-state index contributed by atoms with van der Waals surface area (Å²) >= 11 is 0. The SMILES string of the molecule is O=C1C[C@@H](C(=O)O)[C@@H](Cc2ccccc2)O1. The zero-order valence-corrected chi connectivity index (χ0v) is 8.63. The summed E-state index contributed by atoms with van der Waals surface area (Å²) in [5.74, 6) is -2.10. The van der Waals surface area contributed by atoms with Gasteiger partial charge in [-0.25, -0.2) is 0 Å². The maximum Gasteiger partial charge on any atom is 0.310 e. The fourth-order valence-corrected chi connectivity index (χ4v) is 1.89. The Labute approximate surface area is 92.8 Å². The Hall–Kier alpha value is -1.84. The van der Waals surface area contributed by atoms with E-state index in [1.165, 1.54) is 0 Å². The molecule has 1 aliphatic rings. The first-order valence-electron chi connectivity index (χ1n) is 5.13. The molecule has 0 amide bonds. The van der Waals surface area contributed by atoms with Crippen LogP contribution in [0.4, 0.5) is 0 Å². The average Bonchev–Trinajstić information content (AvgIpc) is 2.61. The van der Waals surface area contributed by atoms with E-state index in [1.54, 1.807) is 0 Å². The first-order valence-corrected chi connectivity index (χ1v) is 5.13. The van der Waals surface area contributed by atoms with Crippen molar-refractivity contribution in [1.29, 1.82) is 0 Å². The molecule has 0 bridgehead atoms. The molecule has 1 saturated heterocycles. The number of carbonyl (C=O) groups excluding carboxylic acids is 1. The summed E-state index contributed by atoms with van der Waals surface area (Å²) in [6.45, 7) is 0. The van der Waals surface area contributed by atoms with Crippen LogP contribution in [-0.4, -0.2) is 23.1 Å². The van der Waals surface area contributed by atoms with Crippen molar-refractivity contribution < 1.29 is 19.4 Å². The molecule has 4 nitrogen and oxygen atoms in total. The van der Waals surface area contributed by atoms with Crippen molar-refractivity contribution in [2.45, 2.75) is 18.9 Å². The van der Waals surface area contributed by atoms with Crippen molar-refractivity contribution in [3.63, 3.8) is 0 Å². The van der Waals surface area contributed by atoms with Gasteiger partial charge in [0.1, 0.15) is 12.0 Å². The number of hydrogen-bond acceptors (Lipinski definition) is 3. The minimum Gasteiger partial charge on any atom is -0.481 e. The van der Waals surface area contributed by atoms with Crippen molar-refractivity contribution in [3.05, 3.63) is 35.9 Å². The Balaban J connectivity index is 2.09. The van der Waals surface area contributed by atoms with E-state index in [0.29, 0.717) is 6.42 Å². The summed E-state index contributed by atoms with van der Waals surface area (Å²) in [7, 11) is 0. The minimum atomic E-state index is -0.966. The second-order valence-corrected chi connectivity index (χ2v) is 3.87. The van der Waals surface area contributed by atoms with Crippen LogP contribution in [0.5, 0.6) is 0 Å². The Bertz CT molecular complexity index is 399. The third kappa shape index (κ3) is 2.21. The second-order valence-electron chi connectivity index (χ2n) is 3.87. The number of ether oxygens (including phenoxy) is 1. The molecule has 1 aliphatic heterocycles. The van der Waals surface area contributed by atoms with Crippen LogP contribution in [0, 0.1) is 5.92 Å². The largest absolute Gasteiger partial charge is 0.481 e.